The van der Waals surface area contributed by atoms with E-state index in [-0.39, 0.29) is 19.1 Å². The van der Waals surface area contributed by atoms with Crippen LogP contribution >= 0.6 is 0 Å². The van der Waals surface area contributed by atoms with Gasteiger partial charge in [-0.1, -0.05) is 6.92 Å². The van der Waals surface area contributed by atoms with E-state index in [4.69, 9.17) is 15.3 Å². The first-order valence-corrected chi connectivity index (χ1v) is 3.06. The molecular weight excluding hydrogens is 120 g/mol. The molecule has 1 radical (unpaired) electrons. The maximum absolute atomic E-state index is 8.87. The molecule has 1 atom stereocenters. The lowest BCUT2D eigenvalue weighted by atomic mass is 10.1. The molecule has 0 saturated carbocycles. The van der Waals surface area contributed by atoms with E-state index in [9.17, 15) is 0 Å². The lowest BCUT2D eigenvalue weighted by Crippen LogP contribution is -2.18. The molecule has 0 aliphatic rings. The highest BCUT2D eigenvalue weighted by atomic mass is 16.3. The quantitative estimate of drug-likeness (QED) is 0.507. The molecule has 0 aromatic carbocycles. The van der Waals surface area contributed by atoms with Gasteiger partial charge in [0.1, 0.15) is 6.10 Å². The van der Waals surface area contributed by atoms with E-state index >= 15 is 0 Å². The van der Waals surface area contributed by atoms with Crippen molar-refractivity contribution in [3.8, 4) is 0 Å². The Morgan fingerprint density at radius 2 is 2.11 bits per heavy atom. The smallest absolute Gasteiger partial charge is 0.121 e. The first kappa shape index (κ1) is 8.88. The van der Waals surface area contributed by atoms with E-state index < -0.39 is 6.10 Å². The minimum Gasteiger partial charge on any atom is -0.396 e. The van der Waals surface area contributed by atoms with Gasteiger partial charge in [-0.05, 0) is 12.8 Å². The second-order valence-corrected chi connectivity index (χ2v) is 1.87. The number of aliphatic hydroxyl groups excluding tert-OH is 3. The third kappa shape index (κ3) is 3.46. The number of hydrogen-bond acceptors (Lipinski definition) is 3. The molecule has 0 rings (SSSR count). The molecule has 3 N–H and O–H groups in total. The van der Waals surface area contributed by atoms with Crippen molar-refractivity contribution in [3.05, 3.63) is 6.10 Å². The summed E-state index contributed by atoms with van der Waals surface area (Å²) >= 11 is 0. The monoisotopic (exact) mass is 133 g/mol. The Bertz CT molecular complexity index is 65.3. The van der Waals surface area contributed by atoms with Gasteiger partial charge in [-0.2, -0.15) is 0 Å². The van der Waals surface area contributed by atoms with Crippen molar-refractivity contribution in [2.45, 2.75) is 25.9 Å². The first-order chi connectivity index (χ1) is 4.22. The van der Waals surface area contributed by atoms with E-state index in [2.05, 4.69) is 0 Å². The molecule has 0 spiro atoms. The summed E-state index contributed by atoms with van der Waals surface area (Å²) in [6.07, 6.45) is -0.134. The topological polar surface area (TPSA) is 60.7 Å². The Morgan fingerprint density at radius 1 is 1.56 bits per heavy atom. The molecule has 0 heterocycles. The van der Waals surface area contributed by atoms with Crippen LogP contribution in [0, 0.1) is 6.10 Å². The highest BCUT2D eigenvalue weighted by Crippen LogP contribution is 2.08. The largest absolute Gasteiger partial charge is 0.396 e. The predicted octanol–water partition coefficient (Wildman–Crippen LogP) is 0.0442. The van der Waals surface area contributed by atoms with Gasteiger partial charge in [-0.3, -0.25) is 0 Å². The average Bonchev–Trinajstić information content (AvgIpc) is 1.87. The summed E-state index contributed by atoms with van der Waals surface area (Å²) < 4.78 is 0. The van der Waals surface area contributed by atoms with E-state index in [1.165, 1.54) is 0 Å². The number of rotatable bonds is 4. The van der Waals surface area contributed by atoms with Crippen LogP contribution in [-0.2, 0) is 0 Å². The average molecular weight is 133 g/mol. The summed E-state index contributed by atoms with van der Waals surface area (Å²) in [6.45, 7) is 1.65. The van der Waals surface area contributed by atoms with Gasteiger partial charge in [-0.15, -0.1) is 0 Å². The van der Waals surface area contributed by atoms with Crippen molar-refractivity contribution in [3.63, 3.8) is 0 Å². The summed E-state index contributed by atoms with van der Waals surface area (Å²) in [5.41, 5.74) is 0. The fourth-order valence-electron chi connectivity index (χ4n) is 0.525. The van der Waals surface area contributed by atoms with Crippen molar-refractivity contribution in [1.29, 1.82) is 0 Å². The normalized spacial score (nSPS) is 14.3. The fraction of sp³-hybridized carbons (Fsp3) is 0.833. The van der Waals surface area contributed by atoms with Crippen molar-refractivity contribution in [1.82, 2.24) is 0 Å². The van der Waals surface area contributed by atoms with E-state index in [0.717, 1.165) is 0 Å². The first-order valence-electron chi connectivity index (χ1n) is 3.06. The van der Waals surface area contributed by atoms with Crippen molar-refractivity contribution >= 4 is 0 Å². The Kier molecular flexibility index (Phi) is 4.67. The number of hydrogen-bond donors (Lipinski definition) is 3. The molecular formula is C6H13O3. The highest BCUT2D eigenvalue weighted by molar-refractivity contribution is 4.82. The van der Waals surface area contributed by atoms with E-state index in [0.29, 0.717) is 6.42 Å². The minimum atomic E-state index is -0.847. The van der Waals surface area contributed by atoms with Crippen molar-refractivity contribution < 1.29 is 15.3 Å². The third-order valence-corrected chi connectivity index (χ3v) is 1.15. The summed E-state index contributed by atoms with van der Waals surface area (Å²) in [6, 6.07) is 0. The molecule has 9 heavy (non-hydrogen) atoms. The summed E-state index contributed by atoms with van der Waals surface area (Å²) in [5.74, 6) is 0. The van der Waals surface area contributed by atoms with E-state index in [1.54, 1.807) is 6.92 Å². The molecule has 3 heteroatoms. The zero-order valence-electron chi connectivity index (χ0n) is 5.54. The van der Waals surface area contributed by atoms with Gasteiger partial charge >= 0.3 is 0 Å². The molecule has 0 aromatic heterocycles. The fourth-order valence-corrected chi connectivity index (χ4v) is 0.525. The van der Waals surface area contributed by atoms with Gasteiger partial charge in [0.05, 0.1) is 6.10 Å². The molecule has 0 bridgehead atoms. The van der Waals surface area contributed by atoms with Gasteiger partial charge in [0.25, 0.3) is 0 Å². The standard InChI is InChI=1S/C6H13O3/c1-2-5(8)6(9)3-4-7/h6-9H,2-4H2,1H3. The molecule has 0 fully saturated rings. The Labute approximate surface area is 54.9 Å². The molecule has 0 aliphatic heterocycles. The van der Waals surface area contributed by atoms with Gasteiger partial charge in [0.15, 0.2) is 0 Å². The van der Waals surface area contributed by atoms with Crippen molar-refractivity contribution in [2.75, 3.05) is 6.61 Å². The van der Waals surface area contributed by atoms with Crippen LogP contribution in [0.2, 0.25) is 0 Å². The van der Waals surface area contributed by atoms with Crippen LogP contribution in [0.15, 0.2) is 0 Å². The lowest BCUT2D eigenvalue weighted by Gasteiger charge is -2.12. The van der Waals surface area contributed by atoms with Crippen LogP contribution in [-0.4, -0.2) is 28.0 Å². The maximum atomic E-state index is 8.87. The summed E-state index contributed by atoms with van der Waals surface area (Å²) in [5, 5.41) is 26.0. The molecule has 0 saturated heterocycles. The lowest BCUT2D eigenvalue weighted by molar-refractivity contribution is 0.0716. The van der Waals surface area contributed by atoms with Crippen molar-refractivity contribution in [2.24, 2.45) is 0 Å². The van der Waals surface area contributed by atoms with Crippen LogP contribution < -0.4 is 0 Å². The van der Waals surface area contributed by atoms with Crippen LogP contribution in [0.5, 0.6) is 0 Å². The van der Waals surface area contributed by atoms with E-state index in [1.807, 2.05) is 0 Å². The van der Waals surface area contributed by atoms with Gasteiger partial charge in [0.2, 0.25) is 0 Å². The Hall–Kier alpha value is -0.120. The van der Waals surface area contributed by atoms with Gasteiger partial charge in [0, 0.05) is 6.61 Å². The van der Waals surface area contributed by atoms with Crippen LogP contribution in [0.1, 0.15) is 19.8 Å². The predicted molar refractivity (Wildman–Crippen MR) is 33.2 cm³/mol. The van der Waals surface area contributed by atoms with Crippen LogP contribution in [0.4, 0.5) is 0 Å². The second kappa shape index (κ2) is 4.73. The summed E-state index contributed by atoms with van der Waals surface area (Å²) in [4.78, 5) is 0. The SMILES string of the molecule is CC[C](O)C(O)CCO. The molecule has 55 valence electrons. The zero-order valence-corrected chi connectivity index (χ0v) is 5.54. The minimum absolute atomic E-state index is 0.0454. The molecule has 0 aliphatic carbocycles. The second-order valence-electron chi connectivity index (χ2n) is 1.87. The van der Waals surface area contributed by atoms with Crippen LogP contribution in [0.3, 0.4) is 0 Å². The third-order valence-electron chi connectivity index (χ3n) is 1.15. The van der Waals surface area contributed by atoms with Gasteiger partial charge in [-0.25, -0.2) is 0 Å². The Balaban J connectivity index is 3.32. The number of aliphatic hydroxyl groups is 3. The molecule has 3 nitrogen and oxygen atoms in total. The maximum Gasteiger partial charge on any atom is 0.121 e. The van der Waals surface area contributed by atoms with Crippen LogP contribution in [0.25, 0.3) is 0 Å². The highest BCUT2D eigenvalue weighted by Gasteiger charge is 2.13. The summed E-state index contributed by atoms with van der Waals surface area (Å²) in [7, 11) is 0. The molecule has 0 amide bonds. The molecule has 0 aromatic rings. The van der Waals surface area contributed by atoms with Gasteiger partial charge < -0.3 is 15.3 Å². The Morgan fingerprint density at radius 3 is 2.44 bits per heavy atom. The molecule has 1 unspecified atom stereocenters. The zero-order chi connectivity index (χ0) is 7.28.